The fourth-order valence-corrected chi connectivity index (χ4v) is 2.22. The minimum absolute atomic E-state index is 0.173. The topological polar surface area (TPSA) is 41.6 Å². The summed E-state index contributed by atoms with van der Waals surface area (Å²) in [4.78, 5) is 14.2. The third kappa shape index (κ3) is 4.29. The highest BCUT2D eigenvalue weighted by molar-refractivity contribution is 5.95. The molecule has 0 radical (unpaired) electrons. The van der Waals surface area contributed by atoms with Crippen LogP contribution in [0.5, 0.6) is 5.75 Å². The first-order valence-corrected chi connectivity index (χ1v) is 7.40. The van der Waals surface area contributed by atoms with Gasteiger partial charge < -0.3 is 10.1 Å². The molecule has 23 heavy (non-hydrogen) atoms. The number of methoxy groups -OCH3 is 1. The highest BCUT2D eigenvalue weighted by Crippen LogP contribution is 2.23. The number of hydrogen-bond donors (Lipinski definition) is 1. The highest BCUT2D eigenvalue weighted by atomic mass is 19.1. The Bertz CT molecular complexity index is 676. The lowest BCUT2D eigenvalue weighted by molar-refractivity contribution is -0.120. The van der Waals surface area contributed by atoms with E-state index in [1.165, 1.54) is 6.07 Å². The van der Waals surface area contributed by atoms with Gasteiger partial charge in [-0.1, -0.05) is 30.3 Å². The lowest BCUT2D eigenvalue weighted by Crippen LogP contribution is -2.39. The minimum Gasteiger partial charge on any atom is -0.495 e. The molecule has 0 aliphatic rings. The third-order valence-electron chi connectivity index (χ3n) is 3.78. The maximum absolute atomic E-state index is 13.7. The molecule has 1 amide bonds. The number of nitrogens with one attached hydrogen (secondary N) is 1. The Balaban J connectivity index is 2.03. The van der Waals surface area contributed by atoms with Gasteiger partial charge in [0.25, 0.3) is 0 Å². The minimum atomic E-state index is -0.417. The number of halogens is 1. The zero-order valence-electron chi connectivity index (χ0n) is 13.5. The first kappa shape index (κ1) is 17.0. The van der Waals surface area contributed by atoms with Crippen LogP contribution in [0.2, 0.25) is 0 Å². The zero-order valence-corrected chi connectivity index (χ0v) is 13.5. The van der Waals surface area contributed by atoms with Crippen LogP contribution in [0.15, 0.2) is 48.5 Å². The van der Waals surface area contributed by atoms with Crippen LogP contribution in [-0.4, -0.2) is 31.0 Å². The number of carbonyl (C=O) groups excluding carboxylic acids is 1. The van der Waals surface area contributed by atoms with Gasteiger partial charge in [-0.05, 0) is 32.2 Å². The first-order valence-electron chi connectivity index (χ1n) is 7.40. The number of carbonyl (C=O) groups is 1. The molecule has 5 heteroatoms. The predicted octanol–water partition coefficient (Wildman–Crippen LogP) is 3.29. The maximum atomic E-state index is 13.7. The number of anilines is 1. The molecule has 0 aromatic heterocycles. The quantitative estimate of drug-likeness (QED) is 0.889. The van der Waals surface area contributed by atoms with Crippen LogP contribution in [0.4, 0.5) is 10.1 Å². The van der Waals surface area contributed by atoms with Crippen LogP contribution in [0.3, 0.4) is 0 Å². The van der Waals surface area contributed by atoms with E-state index in [1.807, 2.05) is 12.1 Å². The monoisotopic (exact) mass is 316 g/mol. The molecule has 122 valence electrons. The van der Waals surface area contributed by atoms with Crippen molar-refractivity contribution in [1.29, 1.82) is 0 Å². The van der Waals surface area contributed by atoms with Crippen molar-refractivity contribution in [1.82, 2.24) is 4.90 Å². The van der Waals surface area contributed by atoms with Crippen LogP contribution >= 0.6 is 0 Å². The third-order valence-corrected chi connectivity index (χ3v) is 3.78. The Kier molecular flexibility index (Phi) is 5.71. The molecule has 0 spiro atoms. The van der Waals surface area contributed by atoms with E-state index in [9.17, 15) is 9.18 Å². The van der Waals surface area contributed by atoms with E-state index >= 15 is 0 Å². The summed E-state index contributed by atoms with van der Waals surface area (Å²) in [6.07, 6.45) is 0. The summed E-state index contributed by atoms with van der Waals surface area (Å²) < 4.78 is 18.9. The average Bonchev–Trinajstić information content (AvgIpc) is 2.56. The second-order valence-corrected chi connectivity index (χ2v) is 5.37. The van der Waals surface area contributed by atoms with Crippen molar-refractivity contribution < 1.29 is 13.9 Å². The Labute approximate surface area is 135 Å². The molecule has 0 aliphatic carbocycles. The molecular weight excluding hydrogens is 295 g/mol. The largest absolute Gasteiger partial charge is 0.495 e. The van der Waals surface area contributed by atoms with Gasteiger partial charge in [0.1, 0.15) is 11.6 Å². The van der Waals surface area contributed by atoms with Crippen LogP contribution in [0, 0.1) is 5.82 Å². The van der Waals surface area contributed by atoms with E-state index < -0.39 is 6.04 Å². The molecular formula is C18H21FN2O2. The van der Waals surface area contributed by atoms with Crippen molar-refractivity contribution in [3.05, 3.63) is 59.9 Å². The lowest BCUT2D eigenvalue weighted by atomic mass is 10.1. The molecule has 0 unspecified atom stereocenters. The molecule has 0 bridgehead atoms. The van der Waals surface area contributed by atoms with Gasteiger partial charge in [-0.3, -0.25) is 9.69 Å². The van der Waals surface area contributed by atoms with Crippen molar-refractivity contribution in [2.45, 2.75) is 19.5 Å². The number of rotatable bonds is 6. The average molecular weight is 316 g/mol. The van der Waals surface area contributed by atoms with Gasteiger partial charge >= 0.3 is 0 Å². The number of benzene rings is 2. The predicted molar refractivity (Wildman–Crippen MR) is 89.0 cm³/mol. The van der Waals surface area contributed by atoms with Gasteiger partial charge in [0, 0.05) is 12.1 Å². The standard InChI is InChI=1S/C18H21FN2O2/c1-13(21(2)12-14-8-4-5-9-15(14)19)18(22)20-16-10-6-7-11-17(16)23-3/h4-11,13H,12H2,1-3H3,(H,20,22)/t13-/m0/s1. The van der Waals surface area contributed by atoms with Gasteiger partial charge in [-0.2, -0.15) is 0 Å². The molecule has 1 N–H and O–H groups in total. The number of ether oxygens (including phenoxy) is 1. The number of likely N-dealkylation sites (N-methyl/N-ethyl adjacent to an activating group) is 1. The first-order chi connectivity index (χ1) is 11.0. The molecule has 2 aromatic carbocycles. The van der Waals surface area contributed by atoms with Gasteiger partial charge in [0.15, 0.2) is 0 Å². The normalized spacial score (nSPS) is 12.0. The lowest BCUT2D eigenvalue weighted by Gasteiger charge is -2.24. The fraction of sp³-hybridized carbons (Fsp3) is 0.278. The Morgan fingerprint density at radius 2 is 1.87 bits per heavy atom. The van der Waals surface area contributed by atoms with E-state index in [0.717, 1.165) is 0 Å². The van der Waals surface area contributed by atoms with E-state index in [2.05, 4.69) is 5.32 Å². The summed E-state index contributed by atoms with van der Waals surface area (Å²) in [5.41, 5.74) is 1.18. The highest BCUT2D eigenvalue weighted by Gasteiger charge is 2.20. The summed E-state index contributed by atoms with van der Waals surface area (Å²) >= 11 is 0. The van der Waals surface area contributed by atoms with Crippen molar-refractivity contribution in [2.24, 2.45) is 0 Å². The number of nitrogens with zero attached hydrogens (tertiary/aromatic N) is 1. The molecule has 4 nitrogen and oxygen atoms in total. The Morgan fingerprint density at radius 1 is 1.22 bits per heavy atom. The van der Waals surface area contributed by atoms with Crippen molar-refractivity contribution in [2.75, 3.05) is 19.5 Å². The summed E-state index contributed by atoms with van der Waals surface area (Å²) in [5.74, 6) is 0.162. The van der Waals surface area contributed by atoms with Gasteiger partial charge in [-0.25, -0.2) is 4.39 Å². The van der Waals surface area contributed by atoms with E-state index in [0.29, 0.717) is 23.5 Å². The Hall–Kier alpha value is -2.40. The van der Waals surface area contributed by atoms with E-state index in [4.69, 9.17) is 4.74 Å². The van der Waals surface area contributed by atoms with E-state index in [1.54, 1.807) is 56.3 Å². The molecule has 0 fully saturated rings. The fourth-order valence-electron chi connectivity index (χ4n) is 2.22. The second kappa shape index (κ2) is 7.74. The van der Waals surface area contributed by atoms with Crippen molar-refractivity contribution in [3.63, 3.8) is 0 Å². The number of amides is 1. The second-order valence-electron chi connectivity index (χ2n) is 5.37. The number of para-hydroxylation sites is 2. The summed E-state index contributed by atoms with van der Waals surface area (Å²) in [6, 6.07) is 13.4. The maximum Gasteiger partial charge on any atom is 0.241 e. The van der Waals surface area contributed by atoms with Crippen LogP contribution in [0.1, 0.15) is 12.5 Å². The van der Waals surface area contributed by atoms with Crippen LogP contribution < -0.4 is 10.1 Å². The van der Waals surface area contributed by atoms with Gasteiger partial charge in [0.2, 0.25) is 5.91 Å². The van der Waals surface area contributed by atoms with Crippen LogP contribution in [0.25, 0.3) is 0 Å². The van der Waals surface area contributed by atoms with Crippen molar-refractivity contribution >= 4 is 11.6 Å². The molecule has 2 rings (SSSR count). The molecule has 1 atom stereocenters. The SMILES string of the molecule is COc1ccccc1NC(=O)[C@H](C)N(C)Cc1ccccc1F. The van der Waals surface area contributed by atoms with Crippen LogP contribution in [-0.2, 0) is 11.3 Å². The molecule has 0 saturated heterocycles. The summed E-state index contributed by atoms with van der Waals surface area (Å²) in [5, 5.41) is 2.84. The van der Waals surface area contributed by atoms with Gasteiger partial charge in [-0.15, -0.1) is 0 Å². The zero-order chi connectivity index (χ0) is 16.8. The number of hydrogen-bond acceptors (Lipinski definition) is 3. The summed E-state index contributed by atoms with van der Waals surface area (Å²) in [7, 11) is 3.34. The summed E-state index contributed by atoms with van der Waals surface area (Å²) in [6.45, 7) is 2.14. The molecule has 0 aliphatic heterocycles. The van der Waals surface area contributed by atoms with Crippen molar-refractivity contribution in [3.8, 4) is 5.75 Å². The van der Waals surface area contributed by atoms with Gasteiger partial charge in [0.05, 0.1) is 18.8 Å². The Morgan fingerprint density at radius 3 is 2.57 bits per heavy atom. The van der Waals surface area contributed by atoms with E-state index in [-0.39, 0.29) is 11.7 Å². The molecule has 0 heterocycles. The molecule has 2 aromatic rings. The molecule has 0 saturated carbocycles. The smallest absolute Gasteiger partial charge is 0.241 e.